The molecule has 10 nitrogen and oxygen atoms in total. The van der Waals surface area contributed by atoms with Crippen molar-refractivity contribution in [2.24, 2.45) is 12.8 Å². The molecule has 192 valence electrons. The maximum atomic E-state index is 13.4. The zero-order valence-corrected chi connectivity index (χ0v) is 21.4. The number of nitrogens with two attached hydrogens (primary N) is 1. The highest BCUT2D eigenvalue weighted by Gasteiger charge is 2.21. The maximum Gasteiger partial charge on any atom is 0.291 e. The summed E-state index contributed by atoms with van der Waals surface area (Å²) >= 11 is 0. The number of benzene rings is 1. The van der Waals surface area contributed by atoms with Crippen molar-refractivity contribution in [3.05, 3.63) is 87.8 Å². The van der Waals surface area contributed by atoms with Gasteiger partial charge in [0.25, 0.3) is 11.5 Å². The lowest BCUT2D eigenvalue weighted by Crippen LogP contribution is -2.17. The Kier molecular flexibility index (Phi) is 6.15. The molecule has 0 radical (unpaired) electrons. The van der Waals surface area contributed by atoms with Crippen LogP contribution in [0.4, 0.5) is 5.69 Å². The fourth-order valence-corrected chi connectivity index (χ4v) is 4.68. The monoisotopic (exact) mass is 510 g/mol. The number of nitrogens with zero attached hydrogens (tertiary/aromatic N) is 4. The second-order valence-corrected chi connectivity index (χ2v) is 8.98. The van der Waals surface area contributed by atoms with Crippen molar-refractivity contribution < 1.29 is 14.1 Å². The second-order valence-electron chi connectivity index (χ2n) is 8.98. The highest BCUT2D eigenvalue weighted by Crippen LogP contribution is 2.31. The van der Waals surface area contributed by atoms with Crippen LogP contribution in [0.25, 0.3) is 33.4 Å². The van der Waals surface area contributed by atoms with Crippen LogP contribution in [-0.4, -0.2) is 31.1 Å². The number of primary amides is 1. The van der Waals surface area contributed by atoms with Gasteiger partial charge in [0, 0.05) is 47.7 Å². The van der Waals surface area contributed by atoms with E-state index in [1.165, 1.54) is 10.8 Å². The van der Waals surface area contributed by atoms with Gasteiger partial charge in [-0.3, -0.25) is 19.4 Å². The molecule has 0 spiro atoms. The van der Waals surface area contributed by atoms with Crippen LogP contribution in [0.3, 0.4) is 0 Å². The van der Waals surface area contributed by atoms with Crippen LogP contribution < -0.4 is 16.6 Å². The molecular weight excluding hydrogens is 484 g/mol. The lowest BCUT2D eigenvalue weighted by Gasteiger charge is -2.12. The number of carbonyl (C=O) groups excluding carboxylic acids is 2. The summed E-state index contributed by atoms with van der Waals surface area (Å²) < 4.78 is 8.58. The number of amides is 2. The third kappa shape index (κ3) is 4.26. The van der Waals surface area contributed by atoms with Crippen molar-refractivity contribution in [2.45, 2.75) is 27.3 Å². The van der Waals surface area contributed by atoms with Gasteiger partial charge in [0.15, 0.2) is 5.69 Å². The van der Waals surface area contributed by atoms with Gasteiger partial charge in [0.1, 0.15) is 11.3 Å². The SMILES string of the molecule is CCn1c(-c2ccc(-c3c(C)on(C)c3=O)nc2)cc2cc(C)nc(C(=O)Nc3cccc(C(N)=O)c3)c21. The summed E-state index contributed by atoms with van der Waals surface area (Å²) in [6, 6.07) is 14.1. The first-order chi connectivity index (χ1) is 18.2. The molecule has 1 aromatic carbocycles. The van der Waals surface area contributed by atoms with E-state index in [1.807, 2.05) is 36.6 Å². The first-order valence-electron chi connectivity index (χ1n) is 12.0. The number of nitrogens with one attached hydrogen (secondary N) is 1. The van der Waals surface area contributed by atoms with Crippen molar-refractivity contribution in [3.63, 3.8) is 0 Å². The lowest BCUT2D eigenvalue weighted by molar-refractivity contribution is 0.0995. The predicted molar refractivity (Wildman–Crippen MR) is 144 cm³/mol. The van der Waals surface area contributed by atoms with Gasteiger partial charge in [0.2, 0.25) is 5.91 Å². The van der Waals surface area contributed by atoms with Gasteiger partial charge in [-0.15, -0.1) is 0 Å². The first kappa shape index (κ1) is 24.7. The fourth-order valence-electron chi connectivity index (χ4n) is 4.68. The Morgan fingerprint density at radius 2 is 1.89 bits per heavy atom. The highest BCUT2D eigenvalue weighted by atomic mass is 16.5. The minimum absolute atomic E-state index is 0.246. The Hall–Kier alpha value is -4.99. The Morgan fingerprint density at radius 3 is 2.53 bits per heavy atom. The largest absolute Gasteiger partial charge is 0.381 e. The molecule has 0 saturated carbocycles. The number of carbonyl (C=O) groups is 2. The number of hydrogen-bond donors (Lipinski definition) is 2. The summed E-state index contributed by atoms with van der Waals surface area (Å²) in [6.45, 7) is 6.12. The summed E-state index contributed by atoms with van der Waals surface area (Å²) in [6.07, 6.45) is 1.71. The number of pyridine rings is 2. The van der Waals surface area contributed by atoms with Gasteiger partial charge >= 0.3 is 0 Å². The van der Waals surface area contributed by atoms with E-state index in [0.29, 0.717) is 46.0 Å². The van der Waals surface area contributed by atoms with Crippen LogP contribution in [0.15, 0.2) is 64.0 Å². The quantitative estimate of drug-likeness (QED) is 0.354. The predicted octanol–water partition coefficient (Wildman–Crippen LogP) is 4.04. The number of aromatic nitrogens is 4. The number of hydrogen-bond acceptors (Lipinski definition) is 6. The average molecular weight is 511 g/mol. The molecule has 3 N–H and O–H groups in total. The molecule has 0 bridgehead atoms. The minimum atomic E-state index is -0.579. The van der Waals surface area contributed by atoms with E-state index in [0.717, 1.165) is 16.6 Å². The van der Waals surface area contributed by atoms with E-state index in [4.69, 9.17) is 10.3 Å². The van der Waals surface area contributed by atoms with E-state index in [-0.39, 0.29) is 11.3 Å². The Bertz CT molecular complexity index is 1780. The molecule has 38 heavy (non-hydrogen) atoms. The molecule has 0 unspecified atom stereocenters. The molecule has 4 aromatic heterocycles. The molecule has 0 atom stereocenters. The van der Waals surface area contributed by atoms with Gasteiger partial charge in [-0.1, -0.05) is 6.07 Å². The minimum Gasteiger partial charge on any atom is -0.381 e. The Morgan fingerprint density at radius 1 is 1.11 bits per heavy atom. The second kappa shape index (κ2) is 9.47. The average Bonchev–Trinajstić information content (AvgIpc) is 3.38. The number of anilines is 1. The van der Waals surface area contributed by atoms with E-state index in [2.05, 4.69) is 15.3 Å². The molecule has 0 aliphatic carbocycles. The molecule has 4 heterocycles. The van der Waals surface area contributed by atoms with E-state index in [1.54, 1.807) is 44.4 Å². The normalized spacial score (nSPS) is 11.2. The van der Waals surface area contributed by atoms with Crippen LogP contribution in [-0.2, 0) is 13.6 Å². The summed E-state index contributed by atoms with van der Waals surface area (Å²) in [5.74, 6) is -0.483. The van der Waals surface area contributed by atoms with Crippen molar-refractivity contribution in [1.82, 2.24) is 19.3 Å². The standard InChI is InChI=1S/C28H26N6O4/c1-5-34-22(18-9-10-21(30-14-18)23-16(3)38-33(4)28(23)37)13-19-11-15(2)31-24(25(19)34)27(36)32-20-8-6-7-17(12-20)26(29)35/h6-14H,5H2,1-4H3,(H2,29,35)(H,32,36). The van der Waals surface area contributed by atoms with Gasteiger partial charge in [-0.25, -0.2) is 4.98 Å². The third-order valence-corrected chi connectivity index (χ3v) is 6.38. The molecule has 5 aromatic rings. The topological polar surface area (TPSA) is 138 Å². The zero-order valence-electron chi connectivity index (χ0n) is 21.4. The van der Waals surface area contributed by atoms with Crippen molar-refractivity contribution in [2.75, 3.05) is 5.32 Å². The van der Waals surface area contributed by atoms with Crippen LogP contribution in [0, 0.1) is 13.8 Å². The summed E-state index contributed by atoms with van der Waals surface area (Å²) in [5.41, 5.74) is 10.1. The van der Waals surface area contributed by atoms with Gasteiger partial charge in [0.05, 0.1) is 16.9 Å². The van der Waals surface area contributed by atoms with E-state index in [9.17, 15) is 14.4 Å². The van der Waals surface area contributed by atoms with Crippen LogP contribution in [0.2, 0.25) is 0 Å². The summed E-state index contributed by atoms with van der Waals surface area (Å²) in [4.78, 5) is 46.5. The summed E-state index contributed by atoms with van der Waals surface area (Å²) in [7, 11) is 1.56. The molecule has 5 rings (SSSR count). The van der Waals surface area contributed by atoms with Gasteiger partial charge < -0.3 is 20.1 Å². The van der Waals surface area contributed by atoms with E-state index >= 15 is 0 Å². The smallest absolute Gasteiger partial charge is 0.291 e. The van der Waals surface area contributed by atoms with Crippen LogP contribution in [0.5, 0.6) is 0 Å². The van der Waals surface area contributed by atoms with E-state index < -0.39 is 11.8 Å². The first-order valence-corrected chi connectivity index (χ1v) is 12.0. The molecule has 0 saturated heterocycles. The molecule has 0 aliphatic heterocycles. The molecular formula is C28H26N6O4. The Labute approximate surface area is 217 Å². The van der Waals surface area contributed by atoms with Crippen molar-refractivity contribution >= 4 is 28.4 Å². The van der Waals surface area contributed by atoms with Crippen LogP contribution in [0.1, 0.15) is 39.2 Å². The Balaban J connectivity index is 1.57. The van der Waals surface area contributed by atoms with Gasteiger partial charge in [-0.2, -0.15) is 4.74 Å². The number of fused-ring (bicyclic) bond motifs is 1. The third-order valence-electron chi connectivity index (χ3n) is 6.38. The number of rotatable bonds is 6. The highest BCUT2D eigenvalue weighted by molar-refractivity contribution is 6.11. The fraction of sp³-hybridized carbons (Fsp3) is 0.179. The maximum absolute atomic E-state index is 13.4. The molecule has 0 fully saturated rings. The van der Waals surface area contributed by atoms with Crippen LogP contribution >= 0.6 is 0 Å². The molecule has 10 heteroatoms. The van der Waals surface area contributed by atoms with Gasteiger partial charge in [-0.05, 0) is 63.2 Å². The van der Waals surface area contributed by atoms with Crippen molar-refractivity contribution in [1.29, 1.82) is 0 Å². The lowest BCUT2D eigenvalue weighted by atomic mass is 10.1. The molecule has 2 amide bonds. The van der Waals surface area contributed by atoms with Crippen molar-refractivity contribution in [3.8, 4) is 22.5 Å². The number of aryl methyl sites for hydroxylation is 4. The summed E-state index contributed by atoms with van der Waals surface area (Å²) in [5, 5.41) is 3.69. The molecule has 0 aliphatic rings. The zero-order chi connectivity index (χ0) is 27.1.